The van der Waals surface area contributed by atoms with Crippen LogP contribution in [0.4, 0.5) is 0 Å². The van der Waals surface area contributed by atoms with E-state index in [2.05, 4.69) is 24.9 Å². The van der Waals surface area contributed by atoms with Crippen molar-refractivity contribution in [3.05, 3.63) is 29.6 Å². The monoisotopic (exact) mass is 233 g/mol. The molecule has 1 aromatic heterocycles. The van der Waals surface area contributed by atoms with Crippen LogP contribution in [0.5, 0.6) is 0 Å². The fraction of sp³-hybridized carbons (Fsp3) is 0.667. The molecule has 1 aliphatic rings. The zero-order chi connectivity index (χ0) is 12.5. The van der Waals surface area contributed by atoms with E-state index in [0.29, 0.717) is 5.92 Å². The minimum Gasteiger partial charge on any atom is -0.389 e. The maximum absolute atomic E-state index is 10.7. The highest BCUT2D eigenvalue weighted by molar-refractivity contribution is 5.28. The second-order valence-corrected chi connectivity index (χ2v) is 5.95. The molecule has 17 heavy (non-hydrogen) atoms. The summed E-state index contributed by atoms with van der Waals surface area (Å²) in [5, 5.41) is 10.7. The number of aliphatic hydroxyl groups is 1. The molecule has 0 bridgehead atoms. The van der Waals surface area contributed by atoms with Crippen LogP contribution in [-0.2, 0) is 6.42 Å². The van der Waals surface area contributed by atoms with Gasteiger partial charge in [0.1, 0.15) is 0 Å². The lowest BCUT2D eigenvalue weighted by atomic mass is 9.73. The van der Waals surface area contributed by atoms with Crippen LogP contribution in [0.3, 0.4) is 0 Å². The number of hydrogen-bond donors (Lipinski definition) is 1. The van der Waals surface area contributed by atoms with E-state index in [0.717, 1.165) is 31.4 Å². The van der Waals surface area contributed by atoms with Gasteiger partial charge in [-0.05, 0) is 50.2 Å². The molecule has 1 N–H and O–H groups in total. The molecule has 0 aliphatic heterocycles. The molecule has 0 saturated carbocycles. The molecule has 1 aliphatic carbocycles. The Hall–Kier alpha value is -0.890. The standard InChI is InChI=1S/C15H23NO/c1-11(2)10-15(3,17)13-8-4-6-12-7-5-9-16-14(12)13/h5,7,9,11,13,17H,4,6,8,10H2,1-3H3. The van der Waals surface area contributed by atoms with Crippen molar-refractivity contribution >= 4 is 0 Å². The third-order valence-electron chi connectivity index (χ3n) is 3.77. The van der Waals surface area contributed by atoms with Gasteiger partial charge in [0.25, 0.3) is 0 Å². The van der Waals surface area contributed by atoms with Gasteiger partial charge in [-0.3, -0.25) is 4.98 Å². The van der Waals surface area contributed by atoms with E-state index in [4.69, 9.17) is 0 Å². The van der Waals surface area contributed by atoms with Gasteiger partial charge in [0.05, 0.1) is 5.60 Å². The summed E-state index contributed by atoms with van der Waals surface area (Å²) < 4.78 is 0. The Bertz CT molecular complexity index is 384. The number of aromatic nitrogens is 1. The lowest BCUT2D eigenvalue weighted by Gasteiger charge is -2.37. The number of pyridine rings is 1. The number of rotatable bonds is 3. The molecule has 1 heterocycles. The largest absolute Gasteiger partial charge is 0.389 e. The Morgan fingerprint density at radius 3 is 3.00 bits per heavy atom. The summed E-state index contributed by atoms with van der Waals surface area (Å²) in [7, 11) is 0. The van der Waals surface area contributed by atoms with E-state index in [9.17, 15) is 5.11 Å². The van der Waals surface area contributed by atoms with E-state index in [1.165, 1.54) is 5.56 Å². The maximum Gasteiger partial charge on any atom is 0.0705 e. The summed E-state index contributed by atoms with van der Waals surface area (Å²) in [5.74, 6) is 0.717. The minimum atomic E-state index is -0.627. The summed E-state index contributed by atoms with van der Waals surface area (Å²) in [6.45, 7) is 6.30. The summed E-state index contributed by atoms with van der Waals surface area (Å²) in [6.07, 6.45) is 6.02. The average molecular weight is 233 g/mol. The number of aryl methyl sites for hydroxylation is 1. The summed E-state index contributed by atoms with van der Waals surface area (Å²) >= 11 is 0. The lowest BCUT2D eigenvalue weighted by molar-refractivity contribution is 0.00397. The molecular formula is C15H23NO. The van der Waals surface area contributed by atoms with Crippen LogP contribution >= 0.6 is 0 Å². The third-order valence-corrected chi connectivity index (χ3v) is 3.77. The molecule has 0 saturated heterocycles. The molecule has 0 aromatic carbocycles. The van der Waals surface area contributed by atoms with Crippen LogP contribution in [0.2, 0.25) is 0 Å². The van der Waals surface area contributed by atoms with Gasteiger partial charge < -0.3 is 5.11 Å². The minimum absolute atomic E-state index is 0.204. The first-order valence-electron chi connectivity index (χ1n) is 6.67. The van der Waals surface area contributed by atoms with Gasteiger partial charge in [0.15, 0.2) is 0 Å². The SMILES string of the molecule is CC(C)CC(C)(O)C1CCCc2cccnc21. The van der Waals surface area contributed by atoms with Crippen LogP contribution in [0.25, 0.3) is 0 Å². The van der Waals surface area contributed by atoms with E-state index in [1.54, 1.807) is 0 Å². The number of hydrogen-bond acceptors (Lipinski definition) is 2. The fourth-order valence-corrected chi connectivity index (χ4v) is 3.18. The second-order valence-electron chi connectivity index (χ2n) is 5.95. The molecule has 0 radical (unpaired) electrons. The normalized spacial score (nSPS) is 23.2. The molecule has 94 valence electrons. The molecule has 0 spiro atoms. The van der Waals surface area contributed by atoms with Gasteiger partial charge in [-0.1, -0.05) is 19.9 Å². The van der Waals surface area contributed by atoms with Crippen molar-refractivity contribution in [3.8, 4) is 0 Å². The highest BCUT2D eigenvalue weighted by atomic mass is 16.3. The van der Waals surface area contributed by atoms with Crippen molar-refractivity contribution in [1.29, 1.82) is 0 Å². The predicted octanol–water partition coefficient (Wildman–Crippen LogP) is 3.30. The molecule has 1 aromatic rings. The van der Waals surface area contributed by atoms with Crippen LogP contribution in [-0.4, -0.2) is 15.7 Å². The Labute approximate surface area is 104 Å². The topological polar surface area (TPSA) is 33.1 Å². The van der Waals surface area contributed by atoms with Crippen molar-refractivity contribution in [2.24, 2.45) is 5.92 Å². The van der Waals surface area contributed by atoms with E-state index in [-0.39, 0.29) is 5.92 Å². The van der Waals surface area contributed by atoms with Gasteiger partial charge in [-0.25, -0.2) is 0 Å². The molecule has 2 nitrogen and oxygen atoms in total. The van der Waals surface area contributed by atoms with Gasteiger partial charge in [0, 0.05) is 17.8 Å². The third kappa shape index (κ3) is 2.68. The van der Waals surface area contributed by atoms with Crippen molar-refractivity contribution in [2.75, 3.05) is 0 Å². The fourth-order valence-electron chi connectivity index (χ4n) is 3.18. The van der Waals surface area contributed by atoms with Crippen LogP contribution in [0.1, 0.15) is 57.2 Å². The quantitative estimate of drug-likeness (QED) is 0.869. The molecule has 2 atom stereocenters. The predicted molar refractivity (Wildman–Crippen MR) is 70.0 cm³/mol. The average Bonchev–Trinajstić information content (AvgIpc) is 2.26. The molecule has 2 heteroatoms. The smallest absolute Gasteiger partial charge is 0.0705 e. The van der Waals surface area contributed by atoms with Crippen molar-refractivity contribution < 1.29 is 5.11 Å². The van der Waals surface area contributed by atoms with Crippen molar-refractivity contribution in [1.82, 2.24) is 4.98 Å². The molecule has 0 fully saturated rings. The summed E-state index contributed by atoms with van der Waals surface area (Å²) in [5.41, 5.74) is 1.83. The first-order chi connectivity index (χ1) is 8.00. The first kappa shape index (κ1) is 12.6. The van der Waals surface area contributed by atoms with Crippen molar-refractivity contribution in [2.45, 2.75) is 58.0 Å². The molecule has 2 rings (SSSR count). The highest BCUT2D eigenvalue weighted by Crippen LogP contribution is 2.40. The summed E-state index contributed by atoms with van der Waals surface area (Å²) in [4.78, 5) is 4.51. The molecule has 0 amide bonds. The Kier molecular flexibility index (Phi) is 3.53. The lowest BCUT2D eigenvalue weighted by Crippen LogP contribution is -2.36. The van der Waals surface area contributed by atoms with E-state index < -0.39 is 5.60 Å². The molecule has 2 unspecified atom stereocenters. The Morgan fingerprint density at radius 1 is 1.53 bits per heavy atom. The highest BCUT2D eigenvalue weighted by Gasteiger charge is 2.37. The van der Waals surface area contributed by atoms with Gasteiger partial charge in [-0.15, -0.1) is 0 Å². The zero-order valence-corrected chi connectivity index (χ0v) is 11.1. The van der Waals surface area contributed by atoms with Crippen LogP contribution < -0.4 is 0 Å². The maximum atomic E-state index is 10.7. The second kappa shape index (κ2) is 4.77. The van der Waals surface area contributed by atoms with Gasteiger partial charge in [-0.2, -0.15) is 0 Å². The Morgan fingerprint density at radius 2 is 2.29 bits per heavy atom. The zero-order valence-electron chi connectivity index (χ0n) is 11.1. The van der Waals surface area contributed by atoms with E-state index >= 15 is 0 Å². The van der Waals surface area contributed by atoms with Crippen LogP contribution in [0, 0.1) is 5.92 Å². The van der Waals surface area contributed by atoms with Crippen LogP contribution in [0.15, 0.2) is 18.3 Å². The number of fused-ring (bicyclic) bond motifs is 1. The number of nitrogens with zero attached hydrogens (tertiary/aromatic N) is 1. The van der Waals surface area contributed by atoms with E-state index in [1.807, 2.05) is 19.2 Å². The first-order valence-corrected chi connectivity index (χ1v) is 6.67. The van der Waals surface area contributed by atoms with Crippen molar-refractivity contribution in [3.63, 3.8) is 0 Å². The summed E-state index contributed by atoms with van der Waals surface area (Å²) in [6, 6.07) is 4.15. The molecular weight excluding hydrogens is 210 g/mol. The Balaban J connectivity index is 2.29. The van der Waals surface area contributed by atoms with Gasteiger partial charge >= 0.3 is 0 Å². The van der Waals surface area contributed by atoms with Gasteiger partial charge in [0.2, 0.25) is 0 Å².